The molecule has 1 aromatic carbocycles. The zero-order valence-electron chi connectivity index (χ0n) is 18.3. The second kappa shape index (κ2) is 8.88. The largest absolute Gasteiger partial charge is 0.444 e. The Hall–Kier alpha value is -2.58. The molecule has 4 rings (SSSR count). The highest BCUT2D eigenvalue weighted by Crippen LogP contribution is 2.33. The average Bonchev–Trinajstić information content (AvgIpc) is 3.23. The molecular weight excluding hydrogens is 397 g/mol. The fraction of sp³-hybridized carbons (Fsp3) is 0.522. The van der Waals surface area contributed by atoms with Crippen molar-refractivity contribution in [3.8, 4) is 0 Å². The zero-order chi connectivity index (χ0) is 22.0. The smallest absolute Gasteiger partial charge is 0.410 e. The normalized spacial score (nSPS) is 24.3. The predicted molar refractivity (Wildman–Crippen MR) is 115 cm³/mol. The van der Waals surface area contributed by atoms with Gasteiger partial charge in [-0.05, 0) is 57.4 Å². The number of nitrogens with zero attached hydrogens (tertiary/aromatic N) is 3. The Bertz CT molecular complexity index is 932. The minimum Gasteiger partial charge on any atom is -0.444 e. The van der Waals surface area contributed by atoms with Gasteiger partial charge in [-0.25, -0.2) is 24.6 Å². The van der Waals surface area contributed by atoms with Gasteiger partial charge in [-0.15, -0.1) is 0 Å². The topological polar surface area (TPSA) is 79.4 Å². The van der Waals surface area contributed by atoms with Crippen LogP contribution in [0.3, 0.4) is 0 Å². The van der Waals surface area contributed by atoms with Crippen LogP contribution in [0.2, 0.25) is 0 Å². The molecule has 0 bridgehead atoms. The highest BCUT2D eigenvalue weighted by atomic mass is 19.1. The first-order chi connectivity index (χ1) is 14.8. The lowest BCUT2D eigenvalue weighted by molar-refractivity contribution is 0.0196. The molecule has 2 aliphatic heterocycles. The van der Waals surface area contributed by atoms with Gasteiger partial charge in [0.25, 0.3) is 0 Å². The van der Waals surface area contributed by atoms with E-state index in [1.54, 1.807) is 23.2 Å². The van der Waals surface area contributed by atoms with Gasteiger partial charge in [-0.3, -0.25) is 5.43 Å². The lowest BCUT2D eigenvalue weighted by Gasteiger charge is -2.33. The average molecular weight is 428 g/mol. The van der Waals surface area contributed by atoms with Gasteiger partial charge < -0.3 is 9.64 Å². The second-order valence-electron chi connectivity index (χ2n) is 9.27. The van der Waals surface area contributed by atoms with E-state index in [-0.39, 0.29) is 29.8 Å². The van der Waals surface area contributed by atoms with Crippen LogP contribution in [0.5, 0.6) is 0 Å². The van der Waals surface area contributed by atoms with Crippen LogP contribution < -0.4 is 10.9 Å². The summed E-state index contributed by atoms with van der Waals surface area (Å²) in [7, 11) is 0. The van der Waals surface area contributed by atoms with Gasteiger partial charge in [-0.1, -0.05) is 12.1 Å². The van der Waals surface area contributed by atoms with E-state index in [1.165, 1.54) is 6.07 Å². The van der Waals surface area contributed by atoms with E-state index >= 15 is 0 Å². The molecule has 3 atom stereocenters. The molecule has 0 saturated carbocycles. The Morgan fingerprint density at radius 2 is 2.13 bits per heavy atom. The van der Waals surface area contributed by atoms with Crippen molar-refractivity contribution in [2.75, 3.05) is 19.6 Å². The van der Waals surface area contributed by atoms with E-state index in [0.717, 1.165) is 29.9 Å². The summed E-state index contributed by atoms with van der Waals surface area (Å²) in [6.07, 6.45) is 3.31. The van der Waals surface area contributed by atoms with Gasteiger partial charge in [0.15, 0.2) is 0 Å². The Kier molecular flexibility index (Phi) is 6.20. The number of likely N-dealkylation sites (tertiary alicyclic amines) is 1. The number of ether oxygens (including phenoxy) is 1. The Labute approximate surface area is 182 Å². The Balaban J connectivity index is 1.51. The molecule has 1 amide bonds. The van der Waals surface area contributed by atoms with Crippen molar-refractivity contribution in [2.24, 2.45) is 0 Å². The summed E-state index contributed by atoms with van der Waals surface area (Å²) >= 11 is 0. The van der Waals surface area contributed by atoms with E-state index in [9.17, 15) is 9.18 Å². The van der Waals surface area contributed by atoms with E-state index in [2.05, 4.69) is 15.8 Å². The number of hydrazine groups is 1. The second-order valence-corrected chi connectivity index (χ2v) is 9.27. The van der Waals surface area contributed by atoms with E-state index in [1.807, 2.05) is 32.9 Å². The molecule has 3 unspecified atom stereocenters. The van der Waals surface area contributed by atoms with Crippen LogP contribution >= 0.6 is 0 Å². The summed E-state index contributed by atoms with van der Waals surface area (Å²) in [5.41, 5.74) is 7.69. The lowest BCUT2D eigenvalue weighted by Crippen LogP contribution is -2.42. The molecule has 2 fully saturated rings. The van der Waals surface area contributed by atoms with Crippen LogP contribution in [0.1, 0.15) is 68.6 Å². The first kappa shape index (κ1) is 21.6. The molecule has 2 saturated heterocycles. The number of carbonyl (C=O) groups is 1. The fourth-order valence-electron chi connectivity index (χ4n) is 4.26. The summed E-state index contributed by atoms with van der Waals surface area (Å²) in [6, 6.07) is 8.48. The number of amides is 1. The molecule has 0 radical (unpaired) electrons. The van der Waals surface area contributed by atoms with Crippen molar-refractivity contribution in [1.29, 1.82) is 0 Å². The minimum atomic E-state index is -0.519. The number of aromatic nitrogens is 2. The highest BCUT2D eigenvalue weighted by Gasteiger charge is 2.33. The van der Waals surface area contributed by atoms with Crippen molar-refractivity contribution in [3.63, 3.8) is 0 Å². The van der Waals surface area contributed by atoms with Crippen LogP contribution in [0.4, 0.5) is 9.18 Å². The SMILES string of the molecule is CC(C)(C)OC(=O)N1CCCC(c2nccc(C3CNNC3c3cccc(F)c3)n2)C1. The summed E-state index contributed by atoms with van der Waals surface area (Å²) < 4.78 is 19.3. The van der Waals surface area contributed by atoms with Crippen molar-refractivity contribution in [2.45, 2.75) is 57.1 Å². The van der Waals surface area contributed by atoms with Gasteiger partial charge in [0.1, 0.15) is 17.2 Å². The molecule has 7 nitrogen and oxygen atoms in total. The van der Waals surface area contributed by atoms with Gasteiger partial charge in [-0.2, -0.15) is 0 Å². The molecule has 31 heavy (non-hydrogen) atoms. The third kappa shape index (κ3) is 5.19. The van der Waals surface area contributed by atoms with Crippen molar-refractivity contribution < 1.29 is 13.9 Å². The number of benzene rings is 1. The Morgan fingerprint density at radius 1 is 1.29 bits per heavy atom. The number of carbonyl (C=O) groups excluding carboxylic acids is 1. The number of piperidine rings is 1. The number of hydrogen-bond acceptors (Lipinski definition) is 6. The first-order valence-corrected chi connectivity index (χ1v) is 10.8. The number of hydrogen-bond donors (Lipinski definition) is 2. The maximum atomic E-state index is 13.7. The van der Waals surface area contributed by atoms with Gasteiger partial charge in [0.05, 0.1) is 11.7 Å². The molecular formula is C23H30FN5O2. The molecule has 2 N–H and O–H groups in total. The molecule has 166 valence electrons. The molecule has 0 spiro atoms. The molecule has 1 aromatic heterocycles. The van der Waals surface area contributed by atoms with E-state index < -0.39 is 5.60 Å². The minimum absolute atomic E-state index is 0.0501. The molecule has 0 aliphatic carbocycles. The van der Waals surface area contributed by atoms with Gasteiger partial charge in [0, 0.05) is 37.7 Å². The van der Waals surface area contributed by atoms with Crippen LogP contribution in [0.25, 0.3) is 0 Å². The third-order valence-corrected chi connectivity index (χ3v) is 5.70. The quantitative estimate of drug-likeness (QED) is 0.778. The standard InChI is InChI=1S/C23H30FN5O2/c1-23(2,3)31-22(30)29-11-5-7-16(14-29)21-25-10-9-19(27-21)18-13-26-28-20(18)15-6-4-8-17(24)12-15/h4,6,8-10,12,16,18,20,26,28H,5,7,11,13-14H2,1-3H3. The Morgan fingerprint density at radius 3 is 2.90 bits per heavy atom. The van der Waals surface area contributed by atoms with Crippen LogP contribution in [-0.4, -0.2) is 46.2 Å². The molecule has 3 heterocycles. The monoisotopic (exact) mass is 427 g/mol. The maximum absolute atomic E-state index is 13.7. The van der Waals surface area contributed by atoms with E-state index in [4.69, 9.17) is 9.72 Å². The van der Waals surface area contributed by atoms with E-state index in [0.29, 0.717) is 19.6 Å². The van der Waals surface area contributed by atoms with Crippen molar-refractivity contribution in [1.82, 2.24) is 25.7 Å². The summed E-state index contributed by atoms with van der Waals surface area (Å²) in [5, 5.41) is 0. The first-order valence-electron chi connectivity index (χ1n) is 10.8. The molecule has 2 aliphatic rings. The van der Waals surface area contributed by atoms with Gasteiger partial charge >= 0.3 is 6.09 Å². The van der Waals surface area contributed by atoms with Gasteiger partial charge in [0.2, 0.25) is 0 Å². The fourth-order valence-corrected chi connectivity index (χ4v) is 4.26. The van der Waals surface area contributed by atoms with Crippen LogP contribution in [0, 0.1) is 5.82 Å². The molecule has 2 aromatic rings. The predicted octanol–water partition coefficient (Wildman–Crippen LogP) is 3.66. The summed E-state index contributed by atoms with van der Waals surface area (Å²) in [6.45, 7) is 7.54. The third-order valence-electron chi connectivity index (χ3n) is 5.70. The highest BCUT2D eigenvalue weighted by molar-refractivity contribution is 5.68. The zero-order valence-corrected chi connectivity index (χ0v) is 18.3. The summed E-state index contributed by atoms with van der Waals surface area (Å²) in [5.74, 6) is 0.610. The maximum Gasteiger partial charge on any atom is 0.410 e. The van der Waals surface area contributed by atoms with Crippen LogP contribution in [0.15, 0.2) is 36.5 Å². The van der Waals surface area contributed by atoms with Crippen molar-refractivity contribution in [3.05, 3.63) is 59.4 Å². The number of halogens is 1. The molecule has 8 heteroatoms. The van der Waals surface area contributed by atoms with Crippen molar-refractivity contribution >= 4 is 6.09 Å². The summed E-state index contributed by atoms with van der Waals surface area (Å²) in [4.78, 5) is 23.7. The number of rotatable bonds is 3. The lowest BCUT2D eigenvalue weighted by atomic mass is 9.91. The van der Waals surface area contributed by atoms with Crippen LogP contribution in [-0.2, 0) is 4.74 Å². The number of nitrogens with one attached hydrogen (secondary N) is 2.